The molecule has 0 atom stereocenters. The van der Waals surface area contributed by atoms with Crippen LogP contribution in [0.2, 0.25) is 0 Å². The van der Waals surface area contributed by atoms with E-state index in [4.69, 9.17) is 4.98 Å². The lowest BCUT2D eigenvalue weighted by atomic mass is 9.77. The van der Waals surface area contributed by atoms with E-state index in [9.17, 15) is 5.26 Å². The SMILES string of the molecule is Cc1ccc2c(c1)c1ccccc1n2-c1ccc(-c2c(-c3ccc(-n4c5ccc(C)cc5c5cc(C)ccc54)cc3)c(C#N)c(-c3nc4ccccc4s3)c(-c3ccc(-n4c5ccc(C)cc5c5cc(C)ccc54)cc3)c2-c2ccc(-n3c4ccccc4c4cc(C)ccc43)cc2)cc1. The van der Waals surface area contributed by atoms with Gasteiger partial charge in [0.2, 0.25) is 0 Å². The summed E-state index contributed by atoms with van der Waals surface area (Å²) >= 11 is 1.64. The van der Waals surface area contributed by atoms with Crippen LogP contribution >= 0.6 is 11.3 Å². The predicted octanol–water partition coefficient (Wildman–Crippen LogP) is 24.7. The summed E-state index contributed by atoms with van der Waals surface area (Å²) in [6, 6.07) is 106. The van der Waals surface area contributed by atoms with Gasteiger partial charge in [-0.05, 0) is 221 Å². The minimum Gasteiger partial charge on any atom is -0.309 e. The van der Waals surface area contributed by atoms with Crippen LogP contribution in [0.1, 0.15) is 38.9 Å². The largest absolute Gasteiger partial charge is 0.309 e. The van der Waals surface area contributed by atoms with Gasteiger partial charge in [-0.25, -0.2) is 4.98 Å². The van der Waals surface area contributed by atoms with Crippen LogP contribution < -0.4 is 0 Å². The Morgan fingerprint density at radius 2 is 0.545 bits per heavy atom. The van der Waals surface area contributed by atoms with Crippen LogP contribution in [-0.2, 0) is 0 Å². The zero-order valence-electron chi connectivity index (χ0n) is 55.6. The van der Waals surface area contributed by atoms with Gasteiger partial charge in [0.25, 0.3) is 0 Å². The molecule has 0 aliphatic rings. The number of aromatic nitrogens is 5. The lowest BCUT2D eigenvalue weighted by molar-refractivity contribution is 1.18. The highest BCUT2D eigenvalue weighted by atomic mass is 32.1. The number of benzene rings is 14. The van der Waals surface area contributed by atoms with E-state index in [1.807, 2.05) is 0 Å². The number of rotatable bonds is 9. The van der Waals surface area contributed by atoms with Gasteiger partial charge in [-0.2, -0.15) is 5.26 Å². The number of nitriles is 1. The minimum atomic E-state index is 0.551. The summed E-state index contributed by atoms with van der Waals surface area (Å²) in [6.07, 6.45) is 0. The Morgan fingerprint density at radius 1 is 0.273 bits per heavy atom. The number of hydrogen-bond acceptors (Lipinski definition) is 3. The third kappa shape index (κ3) is 9.10. The van der Waals surface area contributed by atoms with Gasteiger partial charge in [0.05, 0.1) is 59.9 Å². The normalized spacial score (nSPS) is 11.9. The van der Waals surface area contributed by atoms with Crippen molar-refractivity contribution in [2.75, 3.05) is 0 Å². The molecule has 19 aromatic rings. The van der Waals surface area contributed by atoms with E-state index in [1.54, 1.807) is 11.3 Å². The molecule has 19 rings (SSSR count). The number of thiazole rings is 1. The van der Waals surface area contributed by atoms with Crippen molar-refractivity contribution in [2.45, 2.75) is 41.5 Å². The third-order valence-electron chi connectivity index (χ3n) is 20.6. The fraction of sp³-hybridized carbons (Fsp3) is 0.0652. The first kappa shape index (κ1) is 58.1. The van der Waals surface area contributed by atoms with Crippen molar-refractivity contribution in [3.8, 4) is 83.9 Å². The maximum Gasteiger partial charge on any atom is 0.126 e. The van der Waals surface area contributed by atoms with E-state index in [0.29, 0.717) is 5.56 Å². The summed E-state index contributed by atoms with van der Waals surface area (Å²) in [6.45, 7) is 13.0. The molecule has 0 bridgehead atoms. The Kier molecular flexibility index (Phi) is 13.1. The molecule has 0 N–H and O–H groups in total. The molecular formula is C92H64N6S. The van der Waals surface area contributed by atoms with Crippen molar-refractivity contribution in [1.29, 1.82) is 5.26 Å². The molecule has 0 fully saturated rings. The molecule has 6 nitrogen and oxygen atoms in total. The second-order valence-electron chi connectivity index (χ2n) is 27.0. The Morgan fingerprint density at radius 3 is 0.879 bits per heavy atom. The molecule has 0 radical (unpaired) electrons. The van der Waals surface area contributed by atoms with E-state index in [0.717, 1.165) is 132 Å². The average molecular weight is 1290 g/mol. The molecular weight excluding hydrogens is 1220 g/mol. The van der Waals surface area contributed by atoms with Crippen LogP contribution in [0.3, 0.4) is 0 Å². The van der Waals surface area contributed by atoms with Gasteiger partial charge in [0, 0.05) is 82.5 Å². The van der Waals surface area contributed by atoms with Crippen LogP contribution in [0.25, 0.3) is 175 Å². The highest BCUT2D eigenvalue weighted by Crippen LogP contribution is 2.55. The smallest absolute Gasteiger partial charge is 0.126 e. The molecule has 0 spiro atoms. The molecule has 0 aliphatic heterocycles. The maximum absolute atomic E-state index is 12.6. The second-order valence-corrected chi connectivity index (χ2v) is 28.1. The van der Waals surface area contributed by atoms with Gasteiger partial charge < -0.3 is 18.3 Å². The Balaban J connectivity index is 0.922. The first-order valence-electron chi connectivity index (χ1n) is 34.0. The predicted molar refractivity (Wildman–Crippen MR) is 417 cm³/mol. The molecule has 5 heterocycles. The van der Waals surface area contributed by atoms with E-state index in [-0.39, 0.29) is 0 Å². The van der Waals surface area contributed by atoms with Crippen LogP contribution in [-0.4, -0.2) is 23.3 Å². The highest BCUT2D eigenvalue weighted by molar-refractivity contribution is 7.21. The number of nitrogens with zero attached hydrogens (tertiary/aromatic N) is 6. The summed E-state index contributed by atoms with van der Waals surface area (Å²) in [5, 5.41) is 23.2. The third-order valence-corrected chi connectivity index (χ3v) is 21.6. The zero-order chi connectivity index (χ0) is 66.5. The quantitative estimate of drug-likeness (QED) is 0.145. The van der Waals surface area contributed by atoms with Gasteiger partial charge in [0.15, 0.2) is 0 Å². The van der Waals surface area contributed by atoms with E-state index in [2.05, 4.69) is 345 Å². The van der Waals surface area contributed by atoms with Crippen molar-refractivity contribution in [3.63, 3.8) is 0 Å². The van der Waals surface area contributed by atoms with Crippen molar-refractivity contribution < 1.29 is 0 Å². The second kappa shape index (κ2) is 22.4. The summed E-state index contributed by atoms with van der Waals surface area (Å²) in [5.41, 5.74) is 30.4. The Labute approximate surface area is 577 Å². The summed E-state index contributed by atoms with van der Waals surface area (Å²) < 4.78 is 10.6. The van der Waals surface area contributed by atoms with Crippen LogP contribution in [0.4, 0.5) is 0 Å². The van der Waals surface area contributed by atoms with Crippen molar-refractivity contribution >= 4 is 109 Å². The lowest BCUT2D eigenvalue weighted by Crippen LogP contribution is -2.03. The minimum absolute atomic E-state index is 0.551. The van der Waals surface area contributed by atoms with E-state index >= 15 is 0 Å². The van der Waals surface area contributed by atoms with Crippen molar-refractivity contribution in [3.05, 3.63) is 318 Å². The van der Waals surface area contributed by atoms with Gasteiger partial charge in [-0.1, -0.05) is 167 Å². The molecule has 0 saturated carbocycles. The van der Waals surface area contributed by atoms with Crippen molar-refractivity contribution in [2.24, 2.45) is 0 Å². The molecule has 468 valence electrons. The molecule has 5 aromatic heterocycles. The van der Waals surface area contributed by atoms with Gasteiger partial charge in [0.1, 0.15) is 11.1 Å². The van der Waals surface area contributed by atoms with Crippen molar-refractivity contribution in [1.82, 2.24) is 23.3 Å². The summed E-state index contributed by atoms with van der Waals surface area (Å²) in [4.78, 5) is 5.57. The molecule has 0 saturated heterocycles. The average Bonchev–Trinajstić information content (AvgIpc) is 1.39. The Hall–Kier alpha value is -12.3. The fourth-order valence-electron chi connectivity index (χ4n) is 16.1. The molecule has 0 unspecified atom stereocenters. The van der Waals surface area contributed by atoms with Crippen LogP contribution in [0.5, 0.6) is 0 Å². The molecule has 99 heavy (non-hydrogen) atoms. The van der Waals surface area contributed by atoms with Gasteiger partial charge >= 0.3 is 0 Å². The van der Waals surface area contributed by atoms with Gasteiger partial charge in [-0.15, -0.1) is 11.3 Å². The molecule has 0 aliphatic carbocycles. The number of aryl methyl sites for hydroxylation is 6. The lowest BCUT2D eigenvalue weighted by Gasteiger charge is -2.26. The van der Waals surface area contributed by atoms with Crippen LogP contribution in [0, 0.1) is 52.9 Å². The summed E-state index contributed by atoms with van der Waals surface area (Å²) in [7, 11) is 0. The van der Waals surface area contributed by atoms with Gasteiger partial charge in [-0.3, -0.25) is 0 Å². The molecule has 0 amide bonds. The zero-order valence-corrected chi connectivity index (χ0v) is 56.5. The highest BCUT2D eigenvalue weighted by Gasteiger charge is 2.31. The standard InChI is InChI=1S/C92H64N6S/c1-54-19-41-80-70(47-54)68-13-7-10-16-78(68)95(80)64-35-27-61(28-36-64)88-87(60-25-33-66(34-26-60)97-82-43-21-56(3)49-72(82)73-50-57(4)22-44-83(73)97)76(53-93)91(92-94-77-15-9-12-18-86(77)99-92)90(63-31-39-67(40-32-63)98-84-45-23-58(5)51-74(84)75-52-59(6)24-46-85(75)98)89(88)62-29-37-65(38-30-62)96-79-17-11-8-14-69(79)71-48-55(2)20-42-81(71)96/h7-52H,1-6H3. The number of para-hydroxylation sites is 3. The maximum atomic E-state index is 12.6. The van der Waals surface area contributed by atoms with Crippen LogP contribution in [0.15, 0.2) is 279 Å². The first-order valence-corrected chi connectivity index (χ1v) is 34.8. The first-order chi connectivity index (χ1) is 48.5. The topological polar surface area (TPSA) is 56.4 Å². The molecule has 14 aromatic carbocycles. The Bertz CT molecular complexity index is 6490. The van der Waals surface area contributed by atoms with E-state index < -0.39 is 0 Å². The van der Waals surface area contributed by atoms with E-state index in [1.165, 1.54) is 76.5 Å². The number of fused-ring (bicyclic) bond motifs is 13. The monoisotopic (exact) mass is 1280 g/mol. The molecule has 7 heteroatoms. The number of hydrogen-bond donors (Lipinski definition) is 0. The fourth-order valence-corrected chi connectivity index (χ4v) is 17.1. The summed E-state index contributed by atoms with van der Waals surface area (Å²) in [5.74, 6) is 0.